The second kappa shape index (κ2) is 6.73. The van der Waals surface area contributed by atoms with Crippen LogP contribution >= 0.6 is 0 Å². The Morgan fingerprint density at radius 1 is 1.32 bits per heavy atom. The van der Waals surface area contributed by atoms with Crippen molar-refractivity contribution in [3.05, 3.63) is 41.3 Å². The van der Waals surface area contributed by atoms with Crippen LogP contribution in [-0.4, -0.2) is 27.3 Å². The van der Waals surface area contributed by atoms with Gasteiger partial charge in [0.15, 0.2) is 0 Å². The van der Waals surface area contributed by atoms with Crippen molar-refractivity contribution in [2.24, 2.45) is 0 Å². The van der Waals surface area contributed by atoms with Crippen LogP contribution < -0.4 is 4.74 Å². The Kier molecular flexibility index (Phi) is 4.65. The van der Waals surface area contributed by atoms with Crippen molar-refractivity contribution in [3.63, 3.8) is 0 Å². The minimum Gasteiger partial charge on any atom is -0.471 e. The van der Waals surface area contributed by atoms with Crippen LogP contribution in [0.4, 0.5) is 13.2 Å². The van der Waals surface area contributed by atoms with Crippen molar-refractivity contribution in [3.8, 4) is 5.88 Å². The number of pyridine rings is 1. The standard InChI is InChI=1S/C16H16F3N3O3/c1-2-24-15(23)12-8-21-22(11-4-5-11)13(12)9-25-14-6-3-10(7-20-14)16(17,18)19/h3,6-8,11H,2,4-5,9H2,1H3. The van der Waals surface area contributed by atoms with Crippen LogP contribution in [-0.2, 0) is 17.5 Å². The van der Waals surface area contributed by atoms with E-state index >= 15 is 0 Å². The van der Waals surface area contributed by atoms with E-state index in [4.69, 9.17) is 9.47 Å². The van der Waals surface area contributed by atoms with Gasteiger partial charge in [0.2, 0.25) is 5.88 Å². The van der Waals surface area contributed by atoms with Crippen LogP contribution in [0.25, 0.3) is 0 Å². The first-order valence-corrected chi connectivity index (χ1v) is 7.79. The van der Waals surface area contributed by atoms with Crippen LogP contribution in [0.1, 0.15) is 47.4 Å². The summed E-state index contributed by atoms with van der Waals surface area (Å²) in [5.74, 6) is -0.472. The lowest BCUT2D eigenvalue weighted by Gasteiger charge is -2.11. The van der Waals surface area contributed by atoms with Crippen LogP contribution in [0.15, 0.2) is 24.5 Å². The third-order valence-electron chi connectivity index (χ3n) is 3.71. The van der Waals surface area contributed by atoms with Gasteiger partial charge in [-0.2, -0.15) is 18.3 Å². The molecular weight excluding hydrogens is 339 g/mol. The highest BCUT2D eigenvalue weighted by molar-refractivity contribution is 5.90. The zero-order chi connectivity index (χ0) is 18.0. The van der Waals surface area contributed by atoms with E-state index in [1.165, 1.54) is 6.20 Å². The molecule has 2 heterocycles. The molecule has 0 bridgehead atoms. The summed E-state index contributed by atoms with van der Waals surface area (Å²) < 4.78 is 49.8. The van der Waals surface area contributed by atoms with Gasteiger partial charge in [-0.15, -0.1) is 0 Å². The van der Waals surface area contributed by atoms with Gasteiger partial charge in [0, 0.05) is 12.3 Å². The second-order valence-corrected chi connectivity index (χ2v) is 5.57. The maximum Gasteiger partial charge on any atom is 0.417 e. The number of carbonyl (C=O) groups is 1. The highest BCUT2D eigenvalue weighted by Gasteiger charge is 2.31. The number of nitrogens with zero attached hydrogens (tertiary/aromatic N) is 3. The molecule has 0 N–H and O–H groups in total. The zero-order valence-corrected chi connectivity index (χ0v) is 13.4. The van der Waals surface area contributed by atoms with Gasteiger partial charge in [-0.1, -0.05) is 0 Å². The molecule has 1 fully saturated rings. The van der Waals surface area contributed by atoms with E-state index in [2.05, 4.69) is 10.1 Å². The van der Waals surface area contributed by atoms with E-state index in [-0.39, 0.29) is 25.1 Å². The van der Waals surface area contributed by atoms with Crippen LogP contribution in [0.2, 0.25) is 0 Å². The maximum absolute atomic E-state index is 12.5. The van der Waals surface area contributed by atoms with Crippen molar-refractivity contribution < 1.29 is 27.4 Å². The monoisotopic (exact) mass is 355 g/mol. The molecule has 6 nitrogen and oxygen atoms in total. The number of carbonyl (C=O) groups excluding carboxylic acids is 1. The summed E-state index contributed by atoms with van der Waals surface area (Å²) >= 11 is 0. The topological polar surface area (TPSA) is 66.2 Å². The lowest BCUT2D eigenvalue weighted by Crippen LogP contribution is -2.13. The van der Waals surface area contributed by atoms with Crippen molar-refractivity contribution in [1.29, 1.82) is 0 Å². The van der Waals surface area contributed by atoms with E-state index in [9.17, 15) is 18.0 Å². The molecule has 0 atom stereocenters. The number of hydrogen-bond donors (Lipinski definition) is 0. The average Bonchev–Trinajstić information content (AvgIpc) is 3.32. The molecule has 1 aliphatic carbocycles. The van der Waals surface area contributed by atoms with Gasteiger partial charge in [0.1, 0.15) is 12.2 Å². The summed E-state index contributed by atoms with van der Waals surface area (Å²) in [6, 6.07) is 2.25. The maximum atomic E-state index is 12.5. The molecule has 0 aliphatic heterocycles. The first-order chi connectivity index (χ1) is 11.9. The Morgan fingerprint density at radius 3 is 2.64 bits per heavy atom. The molecule has 25 heavy (non-hydrogen) atoms. The molecule has 134 valence electrons. The molecule has 0 unspecified atom stereocenters. The van der Waals surface area contributed by atoms with E-state index < -0.39 is 17.7 Å². The van der Waals surface area contributed by atoms with Crippen molar-refractivity contribution in [2.75, 3.05) is 6.61 Å². The summed E-state index contributed by atoms with van der Waals surface area (Å²) in [5.41, 5.74) is -0.0293. The summed E-state index contributed by atoms with van der Waals surface area (Å²) in [5, 5.41) is 4.21. The lowest BCUT2D eigenvalue weighted by molar-refractivity contribution is -0.137. The SMILES string of the molecule is CCOC(=O)c1cnn(C2CC2)c1COc1ccc(C(F)(F)F)cn1. The molecule has 0 amide bonds. The first-order valence-electron chi connectivity index (χ1n) is 7.79. The molecule has 1 saturated carbocycles. The predicted molar refractivity (Wildman–Crippen MR) is 80.0 cm³/mol. The Hall–Kier alpha value is -2.58. The summed E-state index contributed by atoms with van der Waals surface area (Å²) in [7, 11) is 0. The fraction of sp³-hybridized carbons (Fsp3) is 0.438. The Labute approximate surface area is 141 Å². The molecule has 0 spiro atoms. The van der Waals surface area contributed by atoms with Gasteiger partial charge in [0.25, 0.3) is 0 Å². The zero-order valence-electron chi connectivity index (χ0n) is 13.4. The number of aromatic nitrogens is 3. The van der Waals surface area contributed by atoms with Gasteiger partial charge in [-0.3, -0.25) is 4.68 Å². The van der Waals surface area contributed by atoms with Crippen molar-refractivity contribution >= 4 is 5.97 Å². The van der Waals surface area contributed by atoms with Crippen molar-refractivity contribution in [1.82, 2.24) is 14.8 Å². The Morgan fingerprint density at radius 2 is 2.08 bits per heavy atom. The molecule has 0 saturated heterocycles. The smallest absolute Gasteiger partial charge is 0.417 e. The van der Waals surface area contributed by atoms with Crippen LogP contribution in [0.5, 0.6) is 5.88 Å². The normalized spacial score (nSPS) is 14.4. The number of rotatable bonds is 6. The van der Waals surface area contributed by atoms with Crippen LogP contribution in [0, 0.1) is 0 Å². The quantitative estimate of drug-likeness (QED) is 0.743. The van der Waals surface area contributed by atoms with Gasteiger partial charge < -0.3 is 9.47 Å². The number of hydrogen-bond acceptors (Lipinski definition) is 5. The van der Waals surface area contributed by atoms with E-state index in [1.54, 1.807) is 11.6 Å². The molecule has 3 rings (SSSR count). The molecular formula is C16H16F3N3O3. The first kappa shape index (κ1) is 17.2. The molecule has 1 aliphatic rings. The van der Waals surface area contributed by atoms with Crippen molar-refractivity contribution in [2.45, 2.75) is 38.6 Å². The van der Waals surface area contributed by atoms with Gasteiger partial charge in [-0.05, 0) is 25.8 Å². The fourth-order valence-corrected chi connectivity index (χ4v) is 2.32. The Balaban J connectivity index is 1.76. The highest BCUT2D eigenvalue weighted by Crippen LogP contribution is 2.36. The minimum absolute atomic E-state index is 0.0337. The molecule has 0 aromatic carbocycles. The largest absolute Gasteiger partial charge is 0.471 e. The number of halogens is 3. The van der Waals surface area contributed by atoms with E-state index in [1.807, 2.05) is 0 Å². The average molecular weight is 355 g/mol. The molecule has 2 aromatic rings. The lowest BCUT2D eigenvalue weighted by atomic mass is 10.2. The summed E-state index contributed by atoms with van der Waals surface area (Å²) in [6.07, 6.45) is -0.410. The number of alkyl halides is 3. The van der Waals surface area contributed by atoms with E-state index in [0.29, 0.717) is 17.5 Å². The molecule has 2 aromatic heterocycles. The fourth-order valence-electron chi connectivity index (χ4n) is 2.32. The minimum atomic E-state index is -4.45. The summed E-state index contributed by atoms with van der Waals surface area (Å²) in [4.78, 5) is 15.7. The molecule has 9 heteroatoms. The number of ether oxygens (including phenoxy) is 2. The highest BCUT2D eigenvalue weighted by atomic mass is 19.4. The second-order valence-electron chi connectivity index (χ2n) is 5.57. The summed E-state index contributed by atoms with van der Waals surface area (Å²) in [6.45, 7) is 1.89. The van der Waals surface area contributed by atoms with Crippen LogP contribution in [0.3, 0.4) is 0 Å². The predicted octanol–water partition coefficient (Wildman–Crippen LogP) is 3.39. The Bertz CT molecular complexity index is 752. The third-order valence-corrected chi connectivity index (χ3v) is 3.71. The third kappa shape index (κ3) is 3.92. The molecule has 0 radical (unpaired) electrons. The number of esters is 1. The van der Waals surface area contributed by atoms with E-state index in [0.717, 1.165) is 25.0 Å². The van der Waals surface area contributed by atoms with Gasteiger partial charge >= 0.3 is 12.1 Å². The van der Waals surface area contributed by atoms with Gasteiger partial charge in [-0.25, -0.2) is 9.78 Å². The van der Waals surface area contributed by atoms with Gasteiger partial charge in [0.05, 0.1) is 30.1 Å².